The topological polar surface area (TPSA) is 38.0 Å². The molecule has 0 aliphatic carbocycles. The molecular formula is C16H28N2. The number of benzene rings is 1. The smallest absolute Gasteiger partial charge is 0.0178 e. The highest BCUT2D eigenvalue weighted by Gasteiger charge is 1.95. The Balaban J connectivity index is 2.00. The van der Waals surface area contributed by atoms with Gasteiger partial charge in [0.15, 0.2) is 0 Å². The fourth-order valence-corrected chi connectivity index (χ4v) is 2.02. The molecule has 0 spiro atoms. The molecule has 0 atom stereocenters. The Hall–Kier alpha value is -0.860. The Morgan fingerprint density at radius 2 is 1.56 bits per heavy atom. The lowest BCUT2D eigenvalue weighted by Gasteiger charge is -2.05. The van der Waals surface area contributed by atoms with E-state index in [9.17, 15) is 0 Å². The summed E-state index contributed by atoms with van der Waals surface area (Å²) < 4.78 is 0. The van der Waals surface area contributed by atoms with Gasteiger partial charge in [0, 0.05) is 6.54 Å². The molecule has 0 saturated carbocycles. The van der Waals surface area contributed by atoms with Gasteiger partial charge in [-0.1, -0.05) is 44.0 Å². The van der Waals surface area contributed by atoms with E-state index in [0.29, 0.717) is 6.54 Å². The number of nitrogens with two attached hydrogens (primary N) is 1. The predicted molar refractivity (Wildman–Crippen MR) is 79.7 cm³/mol. The van der Waals surface area contributed by atoms with Crippen molar-refractivity contribution < 1.29 is 0 Å². The van der Waals surface area contributed by atoms with Gasteiger partial charge >= 0.3 is 0 Å². The van der Waals surface area contributed by atoms with Gasteiger partial charge in [-0.25, -0.2) is 0 Å². The van der Waals surface area contributed by atoms with Gasteiger partial charge in [-0.3, -0.25) is 0 Å². The molecule has 0 radical (unpaired) electrons. The molecule has 0 heterocycles. The molecule has 1 aromatic carbocycles. The van der Waals surface area contributed by atoms with Gasteiger partial charge in [0.25, 0.3) is 0 Å². The Labute approximate surface area is 112 Å². The minimum Gasteiger partial charge on any atom is -0.326 e. The molecule has 0 fully saturated rings. The Kier molecular flexibility index (Phi) is 8.53. The van der Waals surface area contributed by atoms with Gasteiger partial charge in [-0.15, -0.1) is 0 Å². The van der Waals surface area contributed by atoms with Crippen molar-refractivity contribution in [3.63, 3.8) is 0 Å². The molecule has 0 amide bonds. The minimum atomic E-state index is 0.643. The summed E-state index contributed by atoms with van der Waals surface area (Å²) in [5.41, 5.74) is 8.24. The van der Waals surface area contributed by atoms with E-state index in [1.54, 1.807) is 0 Å². The molecule has 0 unspecified atom stereocenters. The third kappa shape index (κ3) is 6.77. The summed E-state index contributed by atoms with van der Waals surface area (Å²) in [4.78, 5) is 0. The average molecular weight is 248 g/mol. The van der Waals surface area contributed by atoms with Crippen molar-refractivity contribution >= 4 is 0 Å². The van der Waals surface area contributed by atoms with E-state index in [0.717, 1.165) is 0 Å². The highest BCUT2D eigenvalue weighted by atomic mass is 14.8. The number of nitrogens with one attached hydrogen (secondary N) is 1. The lowest BCUT2D eigenvalue weighted by Crippen LogP contribution is -2.16. The van der Waals surface area contributed by atoms with Crippen molar-refractivity contribution in [2.75, 3.05) is 13.1 Å². The zero-order valence-corrected chi connectivity index (χ0v) is 11.8. The summed E-state index contributed by atoms with van der Waals surface area (Å²) in [5.74, 6) is 0. The van der Waals surface area contributed by atoms with E-state index in [2.05, 4.69) is 36.5 Å². The lowest BCUT2D eigenvalue weighted by molar-refractivity contribution is 0.585. The van der Waals surface area contributed by atoms with Crippen LogP contribution in [0.15, 0.2) is 24.3 Å². The van der Waals surface area contributed by atoms with Crippen LogP contribution in [0.2, 0.25) is 0 Å². The van der Waals surface area contributed by atoms with Crippen molar-refractivity contribution in [1.29, 1.82) is 0 Å². The standard InChI is InChI=1S/C16H28N2/c1-2-3-12-18-13-6-4-5-7-15-8-10-16(14-17)11-9-15/h8-11,18H,2-7,12-14,17H2,1H3. The van der Waals surface area contributed by atoms with Crippen molar-refractivity contribution in [3.05, 3.63) is 35.4 Å². The fourth-order valence-electron chi connectivity index (χ4n) is 2.02. The third-order valence-electron chi connectivity index (χ3n) is 3.28. The summed E-state index contributed by atoms with van der Waals surface area (Å²) in [6.45, 7) is 5.23. The van der Waals surface area contributed by atoms with Crippen molar-refractivity contribution in [2.45, 2.75) is 52.0 Å². The maximum absolute atomic E-state index is 5.58. The molecular weight excluding hydrogens is 220 g/mol. The van der Waals surface area contributed by atoms with Crippen LogP contribution >= 0.6 is 0 Å². The molecule has 3 N–H and O–H groups in total. The fraction of sp³-hybridized carbons (Fsp3) is 0.625. The zero-order chi connectivity index (χ0) is 13.1. The molecule has 2 nitrogen and oxygen atoms in total. The summed E-state index contributed by atoms with van der Waals surface area (Å²) in [5, 5.41) is 3.49. The molecule has 0 bridgehead atoms. The van der Waals surface area contributed by atoms with Crippen LogP contribution in [0.5, 0.6) is 0 Å². The first kappa shape index (κ1) is 15.2. The van der Waals surface area contributed by atoms with Gasteiger partial charge in [0.05, 0.1) is 0 Å². The summed E-state index contributed by atoms with van der Waals surface area (Å²) in [6.07, 6.45) is 7.68. The molecule has 1 rings (SSSR count). The molecule has 1 aromatic rings. The van der Waals surface area contributed by atoms with Crippen LogP contribution in [0.4, 0.5) is 0 Å². The SMILES string of the molecule is CCCCNCCCCCc1ccc(CN)cc1. The van der Waals surface area contributed by atoms with Crippen LogP contribution in [0.25, 0.3) is 0 Å². The number of hydrogen-bond donors (Lipinski definition) is 2. The third-order valence-corrected chi connectivity index (χ3v) is 3.28. The summed E-state index contributed by atoms with van der Waals surface area (Å²) in [7, 11) is 0. The Morgan fingerprint density at radius 3 is 2.22 bits per heavy atom. The number of unbranched alkanes of at least 4 members (excludes halogenated alkanes) is 3. The Morgan fingerprint density at radius 1 is 0.889 bits per heavy atom. The monoisotopic (exact) mass is 248 g/mol. The largest absolute Gasteiger partial charge is 0.326 e. The van der Waals surface area contributed by atoms with Crippen LogP contribution in [-0.2, 0) is 13.0 Å². The lowest BCUT2D eigenvalue weighted by atomic mass is 10.1. The quantitative estimate of drug-likeness (QED) is 0.624. The van der Waals surface area contributed by atoms with Crippen molar-refractivity contribution in [1.82, 2.24) is 5.32 Å². The van der Waals surface area contributed by atoms with E-state index in [-0.39, 0.29) is 0 Å². The molecule has 18 heavy (non-hydrogen) atoms. The van der Waals surface area contributed by atoms with Crippen molar-refractivity contribution in [2.24, 2.45) is 5.73 Å². The van der Waals surface area contributed by atoms with Crippen LogP contribution in [0.3, 0.4) is 0 Å². The predicted octanol–water partition coefficient (Wildman–Crippen LogP) is 3.25. The van der Waals surface area contributed by atoms with Crippen LogP contribution < -0.4 is 11.1 Å². The molecule has 0 aliphatic heterocycles. The summed E-state index contributed by atoms with van der Waals surface area (Å²) in [6, 6.07) is 8.70. The van der Waals surface area contributed by atoms with Gasteiger partial charge in [-0.2, -0.15) is 0 Å². The normalized spacial score (nSPS) is 10.8. The summed E-state index contributed by atoms with van der Waals surface area (Å²) >= 11 is 0. The number of rotatable bonds is 10. The maximum Gasteiger partial charge on any atom is 0.0178 e. The van der Waals surface area contributed by atoms with E-state index in [4.69, 9.17) is 5.73 Å². The molecule has 0 aliphatic rings. The van der Waals surface area contributed by atoms with E-state index >= 15 is 0 Å². The van der Waals surface area contributed by atoms with Gasteiger partial charge in [-0.05, 0) is 49.9 Å². The highest BCUT2D eigenvalue weighted by molar-refractivity contribution is 5.22. The Bertz CT molecular complexity index is 292. The second-order valence-corrected chi connectivity index (χ2v) is 4.93. The number of aryl methyl sites for hydroxylation is 1. The van der Waals surface area contributed by atoms with Gasteiger partial charge in [0.2, 0.25) is 0 Å². The average Bonchev–Trinajstić information content (AvgIpc) is 2.42. The second kappa shape index (κ2) is 10.1. The highest BCUT2D eigenvalue weighted by Crippen LogP contribution is 2.08. The maximum atomic E-state index is 5.58. The van der Waals surface area contributed by atoms with E-state index < -0.39 is 0 Å². The first-order valence-corrected chi connectivity index (χ1v) is 7.35. The van der Waals surface area contributed by atoms with Crippen LogP contribution in [0.1, 0.15) is 50.2 Å². The number of hydrogen-bond acceptors (Lipinski definition) is 2. The van der Waals surface area contributed by atoms with Gasteiger partial charge in [0.1, 0.15) is 0 Å². The first-order valence-electron chi connectivity index (χ1n) is 7.35. The molecule has 102 valence electrons. The molecule has 2 heteroatoms. The second-order valence-electron chi connectivity index (χ2n) is 4.93. The van der Waals surface area contributed by atoms with Gasteiger partial charge < -0.3 is 11.1 Å². The first-order chi connectivity index (χ1) is 8.86. The zero-order valence-electron chi connectivity index (χ0n) is 11.8. The minimum absolute atomic E-state index is 0.643. The van der Waals surface area contributed by atoms with E-state index in [1.165, 1.54) is 62.7 Å². The molecule has 0 saturated heterocycles. The van der Waals surface area contributed by atoms with Crippen LogP contribution in [-0.4, -0.2) is 13.1 Å². The van der Waals surface area contributed by atoms with E-state index in [1.807, 2.05) is 0 Å². The van der Waals surface area contributed by atoms with Crippen molar-refractivity contribution in [3.8, 4) is 0 Å². The van der Waals surface area contributed by atoms with Crippen LogP contribution in [0, 0.1) is 0 Å². The molecule has 0 aromatic heterocycles.